The molecule has 28 heavy (non-hydrogen) atoms. The van der Waals surface area contributed by atoms with Crippen molar-refractivity contribution in [1.82, 2.24) is 19.7 Å². The number of carboxylic acids is 1. The topological polar surface area (TPSA) is 80.5 Å². The molecule has 2 aromatic rings. The van der Waals surface area contributed by atoms with E-state index >= 15 is 0 Å². The third-order valence-corrected chi connectivity index (χ3v) is 3.87. The smallest absolute Gasteiger partial charge is 0.420 e. The van der Waals surface area contributed by atoms with Crippen molar-refractivity contribution in [3.05, 3.63) is 34.8 Å². The van der Waals surface area contributed by atoms with Gasteiger partial charge in [-0.1, -0.05) is 0 Å². The summed E-state index contributed by atoms with van der Waals surface area (Å²) in [6.45, 7) is 6.67. The normalized spacial score (nSPS) is 12.5. The van der Waals surface area contributed by atoms with Crippen molar-refractivity contribution in [2.45, 2.75) is 46.0 Å². The van der Waals surface area contributed by atoms with Crippen LogP contribution in [0.5, 0.6) is 11.6 Å². The van der Waals surface area contributed by atoms with E-state index in [0.717, 1.165) is 12.4 Å². The highest BCUT2D eigenvalue weighted by Crippen LogP contribution is 2.41. The van der Waals surface area contributed by atoms with E-state index in [4.69, 9.17) is 4.74 Å². The van der Waals surface area contributed by atoms with Crippen LogP contribution in [0.2, 0.25) is 0 Å². The van der Waals surface area contributed by atoms with Crippen molar-refractivity contribution < 1.29 is 27.8 Å². The second-order valence-electron chi connectivity index (χ2n) is 7.68. The summed E-state index contributed by atoms with van der Waals surface area (Å²) in [4.78, 5) is 16.9. The van der Waals surface area contributed by atoms with Crippen LogP contribution >= 0.6 is 0 Å². The first-order valence-electron chi connectivity index (χ1n) is 8.43. The van der Waals surface area contributed by atoms with E-state index in [9.17, 15) is 23.1 Å². The van der Waals surface area contributed by atoms with Gasteiger partial charge in [-0.15, -0.1) is 0 Å². The van der Waals surface area contributed by atoms with Crippen molar-refractivity contribution in [2.24, 2.45) is 0 Å². The molecule has 0 fully saturated rings. The number of ether oxygens (including phenoxy) is 1. The van der Waals surface area contributed by atoms with Gasteiger partial charge in [-0.25, -0.2) is 9.48 Å². The molecule has 0 atom stereocenters. The van der Waals surface area contributed by atoms with Crippen LogP contribution in [0.15, 0.2) is 12.4 Å². The molecule has 2 heterocycles. The summed E-state index contributed by atoms with van der Waals surface area (Å²) in [6.07, 6.45) is -2.56. The lowest BCUT2D eigenvalue weighted by Crippen LogP contribution is -2.24. The lowest BCUT2D eigenvalue weighted by molar-refractivity contribution is -0.139. The number of aromatic carboxylic acids is 1. The second-order valence-corrected chi connectivity index (χ2v) is 7.68. The zero-order chi connectivity index (χ0) is 21.4. The Labute approximate surface area is 160 Å². The molecule has 0 spiro atoms. The fourth-order valence-electron chi connectivity index (χ4n) is 2.70. The average molecular weight is 400 g/mol. The van der Waals surface area contributed by atoms with E-state index in [2.05, 4.69) is 10.1 Å². The Bertz CT molecular complexity index is 883. The van der Waals surface area contributed by atoms with Crippen LogP contribution in [0.3, 0.4) is 0 Å². The molecule has 7 nitrogen and oxygen atoms in total. The lowest BCUT2D eigenvalue weighted by atomic mass is 10.1. The van der Waals surface area contributed by atoms with Gasteiger partial charge >= 0.3 is 12.1 Å². The molecule has 0 saturated carbocycles. The number of pyridine rings is 1. The summed E-state index contributed by atoms with van der Waals surface area (Å²) >= 11 is 0. The maximum absolute atomic E-state index is 13.8. The standard InChI is InChI=1S/C18H23F3N4O3/c1-10-14(16(26)27)23-25(17(2,3)4)15(10)28-12-8-22-7-11(9-24(5)6)13(12)18(19,20)21/h7-8H,9H2,1-6H3,(H,26,27). The third kappa shape index (κ3) is 4.44. The first-order valence-corrected chi connectivity index (χ1v) is 8.43. The SMILES string of the molecule is Cc1c(C(=O)O)nn(C(C)(C)C)c1Oc1cncc(CN(C)C)c1C(F)(F)F. The second kappa shape index (κ2) is 7.42. The number of hydrogen-bond donors (Lipinski definition) is 1. The van der Waals surface area contributed by atoms with E-state index in [1.807, 2.05) is 0 Å². The number of nitrogens with zero attached hydrogens (tertiary/aromatic N) is 4. The summed E-state index contributed by atoms with van der Waals surface area (Å²) in [6, 6.07) is 0. The zero-order valence-electron chi connectivity index (χ0n) is 16.5. The number of carboxylic acid groups (broad SMARTS) is 1. The first kappa shape index (κ1) is 21.7. The van der Waals surface area contributed by atoms with Crippen LogP contribution in [-0.4, -0.2) is 44.8 Å². The van der Waals surface area contributed by atoms with E-state index in [1.165, 1.54) is 11.6 Å². The van der Waals surface area contributed by atoms with Gasteiger partial charge in [0.15, 0.2) is 11.4 Å². The van der Waals surface area contributed by atoms with Crippen molar-refractivity contribution in [3.8, 4) is 11.6 Å². The molecule has 0 aliphatic carbocycles. The van der Waals surface area contributed by atoms with Gasteiger partial charge in [0.1, 0.15) is 5.56 Å². The summed E-state index contributed by atoms with van der Waals surface area (Å²) in [5.74, 6) is -1.86. The zero-order valence-corrected chi connectivity index (χ0v) is 16.5. The Morgan fingerprint density at radius 3 is 2.32 bits per heavy atom. The maximum Gasteiger partial charge on any atom is 0.420 e. The first-order chi connectivity index (χ1) is 12.7. The number of halogens is 3. The van der Waals surface area contributed by atoms with Gasteiger partial charge in [0.25, 0.3) is 0 Å². The molecule has 0 saturated heterocycles. The molecule has 2 aromatic heterocycles. The summed E-state index contributed by atoms with van der Waals surface area (Å²) in [5.41, 5.74) is -1.87. The number of alkyl halides is 3. The Morgan fingerprint density at radius 1 is 1.25 bits per heavy atom. The highest BCUT2D eigenvalue weighted by atomic mass is 19.4. The van der Waals surface area contributed by atoms with Gasteiger partial charge in [-0.3, -0.25) is 4.98 Å². The van der Waals surface area contributed by atoms with Crippen molar-refractivity contribution in [3.63, 3.8) is 0 Å². The van der Waals surface area contributed by atoms with Gasteiger partial charge < -0.3 is 14.7 Å². The number of aromatic nitrogens is 3. The van der Waals surface area contributed by atoms with Crippen LogP contribution in [0.1, 0.15) is 48.0 Å². The molecule has 0 radical (unpaired) electrons. The Balaban J connectivity index is 2.68. The molecule has 2 rings (SSSR count). The predicted molar refractivity (Wildman–Crippen MR) is 95.6 cm³/mol. The van der Waals surface area contributed by atoms with Crippen LogP contribution in [-0.2, 0) is 18.3 Å². The van der Waals surface area contributed by atoms with Gasteiger partial charge in [0.05, 0.1) is 11.7 Å². The Hall–Kier alpha value is -2.62. The van der Waals surface area contributed by atoms with Crippen LogP contribution < -0.4 is 4.74 Å². The van der Waals surface area contributed by atoms with Crippen LogP contribution in [0, 0.1) is 6.92 Å². The maximum atomic E-state index is 13.8. The molecule has 10 heteroatoms. The third-order valence-electron chi connectivity index (χ3n) is 3.87. The molecule has 0 aromatic carbocycles. The lowest BCUT2D eigenvalue weighted by Gasteiger charge is -2.24. The van der Waals surface area contributed by atoms with Gasteiger partial charge in [0, 0.05) is 23.9 Å². The Morgan fingerprint density at radius 2 is 1.86 bits per heavy atom. The predicted octanol–water partition coefficient (Wildman–Crippen LogP) is 3.91. The van der Waals surface area contributed by atoms with Gasteiger partial charge in [-0.2, -0.15) is 18.3 Å². The minimum absolute atomic E-state index is 0.0108. The highest BCUT2D eigenvalue weighted by Gasteiger charge is 2.39. The molecule has 0 unspecified atom stereocenters. The molecule has 154 valence electrons. The van der Waals surface area contributed by atoms with E-state index in [0.29, 0.717) is 0 Å². The molecule has 0 aliphatic heterocycles. The molecule has 0 aliphatic rings. The summed E-state index contributed by atoms with van der Waals surface area (Å²) < 4.78 is 48.2. The van der Waals surface area contributed by atoms with Crippen LogP contribution in [0.25, 0.3) is 0 Å². The van der Waals surface area contributed by atoms with Crippen molar-refractivity contribution in [1.29, 1.82) is 0 Å². The minimum atomic E-state index is -4.68. The largest absolute Gasteiger partial charge is 0.476 e. The average Bonchev–Trinajstić information content (AvgIpc) is 2.83. The molecular formula is C18H23F3N4O3. The number of carbonyl (C=O) groups is 1. The van der Waals surface area contributed by atoms with Crippen LogP contribution in [0.4, 0.5) is 13.2 Å². The molecule has 1 N–H and O–H groups in total. The number of hydrogen-bond acceptors (Lipinski definition) is 5. The van der Waals surface area contributed by atoms with Gasteiger partial charge in [0.2, 0.25) is 5.88 Å². The van der Waals surface area contributed by atoms with E-state index < -0.39 is 29.0 Å². The fraction of sp³-hybridized carbons (Fsp3) is 0.500. The van der Waals surface area contributed by atoms with E-state index in [1.54, 1.807) is 39.8 Å². The highest BCUT2D eigenvalue weighted by molar-refractivity contribution is 5.87. The van der Waals surface area contributed by atoms with Gasteiger partial charge in [-0.05, 0) is 41.8 Å². The minimum Gasteiger partial charge on any atom is -0.476 e. The monoisotopic (exact) mass is 400 g/mol. The van der Waals surface area contributed by atoms with Crippen molar-refractivity contribution in [2.75, 3.05) is 14.1 Å². The summed E-state index contributed by atoms with van der Waals surface area (Å²) in [7, 11) is 3.29. The summed E-state index contributed by atoms with van der Waals surface area (Å²) in [5, 5.41) is 13.4. The van der Waals surface area contributed by atoms with E-state index in [-0.39, 0.29) is 29.2 Å². The molecule has 0 amide bonds. The number of rotatable bonds is 5. The van der Waals surface area contributed by atoms with Crippen molar-refractivity contribution >= 4 is 5.97 Å². The molecule has 0 bridgehead atoms. The fourth-order valence-corrected chi connectivity index (χ4v) is 2.70. The quantitative estimate of drug-likeness (QED) is 0.820. The molecular weight excluding hydrogens is 377 g/mol. The Kier molecular flexibility index (Phi) is 5.74.